The maximum absolute atomic E-state index is 11.3. The van der Waals surface area contributed by atoms with Crippen molar-refractivity contribution in [3.63, 3.8) is 0 Å². The molecule has 92 valence electrons. The van der Waals surface area contributed by atoms with E-state index in [0.29, 0.717) is 11.3 Å². The largest absolute Gasteiger partial charge is 0.366 e. The van der Waals surface area contributed by atoms with Crippen molar-refractivity contribution in [2.24, 2.45) is 5.73 Å². The van der Waals surface area contributed by atoms with Crippen LogP contribution in [-0.4, -0.2) is 37.1 Å². The Morgan fingerprint density at radius 3 is 2.59 bits per heavy atom. The molecule has 1 saturated heterocycles. The molecule has 2 heterocycles. The van der Waals surface area contributed by atoms with Crippen LogP contribution in [0.2, 0.25) is 0 Å². The van der Waals surface area contributed by atoms with Gasteiger partial charge in [-0.05, 0) is 25.5 Å². The van der Waals surface area contributed by atoms with E-state index in [9.17, 15) is 4.79 Å². The van der Waals surface area contributed by atoms with Crippen LogP contribution in [0.15, 0.2) is 6.07 Å². The van der Waals surface area contributed by atoms with Crippen molar-refractivity contribution in [2.75, 3.05) is 31.1 Å². The third kappa shape index (κ3) is 2.39. The molecule has 0 aromatic carbocycles. The number of hydrogen-bond donors (Lipinski definition) is 2. The number of amides is 1. The molecule has 1 aromatic rings. The Morgan fingerprint density at radius 2 is 2.06 bits per heavy atom. The van der Waals surface area contributed by atoms with E-state index in [1.54, 1.807) is 0 Å². The van der Waals surface area contributed by atoms with Crippen LogP contribution >= 0.6 is 0 Å². The Hall–Kier alpha value is -1.62. The summed E-state index contributed by atoms with van der Waals surface area (Å²) in [4.78, 5) is 18.0. The topological polar surface area (TPSA) is 71.2 Å². The molecule has 0 bridgehead atoms. The minimum absolute atomic E-state index is 0.403. The van der Waals surface area contributed by atoms with E-state index < -0.39 is 5.91 Å². The highest BCUT2D eigenvalue weighted by atomic mass is 16.1. The number of nitrogens with zero attached hydrogens (tertiary/aromatic N) is 2. The van der Waals surface area contributed by atoms with Crippen molar-refractivity contribution >= 4 is 11.7 Å². The molecule has 17 heavy (non-hydrogen) atoms. The smallest absolute Gasteiger partial charge is 0.250 e. The Morgan fingerprint density at radius 1 is 1.41 bits per heavy atom. The first-order chi connectivity index (χ1) is 8.09. The summed E-state index contributed by atoms with van der Waals surface area (Å²) in [7, 11) is 0. The fourth-order valence-electron chi connectivity index (χ4n) is 2.24. The maximum Gasteiger partial charge on any atom is 0.250 e. The van der Waals surface area contributed by atoms with Crippen molar-refractivity contribution in [2.45, 2.75) is 13.8 Å². The standard InChI is InChI=1S/C12H18N4O/c1-8-7-10(16-5-3-14-4-6-16)15-9(2)11(8)12(13)17/h7,14H,3-6H2,1-2H3,(H2,13,17). The zero-order chi connectivity index (χ0) is 12.4. The summed E-state index contributed by atoms with van der Waals surface area (Å²) in [5, 5.41) is 3.30. The quantitative estimate of drug-likeness (QED) is 0.767. The molecule has 5 nitrogen and oxygen atoms in total. The van der Waals surface area contributed by atoms with Crippen molar-refractivity contribution in [1.82, 2.24) is 10.3 Å². The second-order valence-electron chi connectivity index (χ2n) is 4.36. The van der Waals surface area contributed by atoms with E-state index in [2.05, 4.69) is 15.2 Å². The lowest BCUT2D eigenvalue weighted by atomic mass is 10.1. The van der Waals surface area contributed by atoms with Gasteiger partial charge < -0.3 is 16.0 Å². The third-order valence-electron chi connectivity index (χ3n) is 3.07. The van der Waals surface area contributed by atoms with E-state index in [4.69, 9.17) is 5.73 Å². The summed E-state index contributed by atoms with van der Waals surface area (Å²) in [6.07, 6.45) is 0. The lowest BCUT2D eigenvalue weighted by Crippen LogP contribution is -2.44. The van der Waals surface area contributed by atoms with Crippen LogP contribution in [-0.2, 0) is 0 Å². The number of carbonyl (C=O) groups is 1. The molecule has 1 aliphatic heterocycles. The van der Waals surface area contributed by atoms with Gasteiger partial charge in [0.2, 0.25) is 0 Å². The number of hydrogen-bond acceptors (Lipinski definition) is 4. The van der Waals surface area contributed by atoms with Crippen LogP contribution < -0.4 is 16.0 Å². The van der Waals surface area contributed by atoms with Crippen LogP contribution in [0.25, 0.3) is 0 Å². The molecule has 0 unspecified atom stereocenters. The van der Waals surface area contributed by atoms with Crippen LogP contribution in [0.1, 0.15) is 21.6 Å². The average Bonchev–Trinajstić information content (AvgIpc) is 2.28. The lowest BCUT2D eigenvalue weighted by molar-refractivity contribution is 0.0999. The van der Waals surface area contributed by atoms with Crippen LogP contribution in [0, 0.1) is 13.8 Å². The van der Waals surface area contributed by atoms with Gasteiger partial charge in [0.05, 0.1) is 11.3 Å². The van der Waals surface area contributed by atoms with Gasteiger partial charge in [-0.25, -0.2) is 4.98 Å². The lowest BCUT2D eigenvalue weighted by Gasteiger charge is -2.29. The summed E-state index contributed by atoms with van der Waals surface area (Å²) in [6, 6.07) is 1.94. The molecule has 1 aliphatic rings. The molecule has 0 spiro atoms. The van der Waals surface area contributed by atoms with E-state index in [1.165, 1.54) is 0 Å². The van der Waals surface area contributed by atoms with Gasteiger partial charge in [0.25, 0.3) is 5.91 Å². The summed E-state index contributed by atoms with van der Waals surface area (Å²) in [6.45, 7) is 7.57. The highest BCUT2D eigenvalue weighted by Crippen LogP contribution is 2.19. The van der Waals surface area contributed by atoms with Crippen LogP contribution in [0.4, 0.5) is 5.82 Å². The molecule has 2 rings (SSSR count). The van der Waals surface area contributed by atoms with Gasteiger partial charge in [0, 0.05) is 26.2 Å². The highest BCUT2D eigenvalue weighted by molar-refractivity contribution is 5.95. The minimum atomic E-state index is -0.403. The highest BCUT2D eigenvalue weighted by Gasteiger charge is 2.16. The predicted octanol–water partition coefficient (Wildman–Crippen LogP) is 0.207. The summed E-state index contributed by atoms with van der Waals surface area (Å²) in [5.41, 5.74) is 7.50. The predicted molar refractivity (Wildman–Crippen MR) is 67.3 cm³/mol. The molecule has 1 fully saturated rings. The molecule has 0 aliphatic carbocycles. The minimum Gasteiger partial charge on any atom is -0.366 e. The van der Waals surface area contributed by atoms with Crippen molar-refractivity contribution in [3.05, 3.63) is 22.9 Å². The molecule has 0 atom stereocenters. The van der Waals surface area contributed by atoms with Gasteiger partial charge in [0.15, 0.2) is 0 Å². The summed E-state index contributed by atoms with van der Waals surface area (Å²) >= 11 is 0. The second kappa shape index (κ2) is 4.71. The molecular weight excluding hydrogens is 216 g/mol. The average molecular weight is 234 g/mol. The molecule has 5 heteroatoms. The van der Waals surface area contributed by atoms with Crippen molar-refractivity contribution in [1.29, 1.82) is 0 Å². The first-order valence-electron chi connectivity index (χ1n) is 5.83. The van der Waals surface area contributed by atoms with Gasteiger partial charge >= 0.3 is 0 Å². The second-order valence-corrected chi connectivity index (χ2v) is 4.36. The zero-order valence-corrected chi connectivity index (χ0v) is 10.3. The number of piperazine rings is 1. The van der Waals surface area contributed by atoms with Crippen molar-refractivity contribution < 1.29 is 4.79 Å². The number of nitrogens with one attached hydrogen (secondary N) is 1. The monoisotopic (exact) mass is 234 g/mol. The molecular formula is C12H18N4O. The number of pyridine rings is 1. The van der Waals surface area contributed by atoms with Crippen LogP contribution in [0.3, 0.4) is 0 Å². The molecule has 1 amide bonds. The van der Waals surface area contributed by atoms with E-state index in [-0.39, 0.29) is 0 Å². The zero-order valence-electron chi connectivity index (χ0n) is 10.3. The number of aryl methyl sites for hydroxylation is 2. The summed E-state index contributed by atoms with van der Waals surface area (Å²) in [5.74, 6) is 0.533. The van der Waals surface area contributed by atoms with Crippen LogP contribution in [0.5, 0.6) is 0 Å². The Balaban J connectivity index is 2.34. The van der Waals surface area contributed by atoms with Gasteiger partial charge in [0.1, 0.15) is 5.82 Å². The Kier molecular flexibility index (Phi) is 3.28. The third-order valence-corrected chi connectivity index (χ3v) is 3.07. The number of carbonyl (C=O) groups excluding carboxylic acids is 1. The maximum atomic E-state index is 11.3. The molecule has 0 saturated carbocycles. The van der Waals surface area contributed by atoms with E-state index in [1.807, 2.05) is 19.9 Å². The number of rotatable bonds is 2. The number of primary amides is 1. The summed E-state index contributed by atoms with van der Waals surface area (Å²) < 4.78 is 0. The van der Waals surface area contributed by atoms with E-state index in [0.717, 1.165) is 37.6 Å². The normalized spacial score (nSPS) is 16.0. The van der Waals surface area contributed by atoms with Gasteiger partial charge in [-0.3, -0.25) is 4.79 Å². The molecule has 1 aromatic heterocycles. The van der Waals surface area contributed by atoms with E-state index >= 15 is 0 Å². The van der Waals surface area contributed by atoms with Gasteiger partial charge in [-0.1, -0.05) is 0 Å². The fourth-order valence-corrected chi connectivity index (χ4v) is 2.24. The van der Waals surface area contributed by atoms with Crippen molar-refractivity contribution in [3.8, 4) is 0 Å². The molecule has 0 radical (unpaired) electrons. The SMILES string of the molecule is Cc1cc(N2CCNCC2)nc(C)c1C(N)=O. The Bertz CT molecular complexity index is 415. The molecule has 3 N–H and O–H groups in total. The number of aromatic nitrogens is 1. The first-order valence-corrected chi connectivity index (χ1v) is 5.83. The van der Waals surface area contributed by atoms with Gasteiger partial charge in [-0.15, -0.1) is 0 Å². The number of anilines is 1. The Labute approximate surface area is 101 Å². The number of nitrogens with two attached hydrogens (primary N) is 1. The first kappa shape index (κ1) is 11.9. The fraction of sp³-hybridized carbons (Fsp3) is 0.500. The van der Waals surface area contributed by atoms with Gasteiger partial charge in [-0.2, -0.15) is 0 Å².